The molecule has 1 amide bonds. The van der Waals surface area contributed by atoms with Gasteiger partial charge in [-0.2, -0.15) is 0 Å². The molecule has 1 aromatic heterocycles. The molecule has 1 rings (SSSR count). The number of hydrogen-bond acceptors (Lipinski definition) is 3. The lowest BCUT2D eigenvalue weighted by Gasteiger charge is -2.16. The van der Waals surface area contributed by atoms with Crippen LogP contribution in [0.3, 0.4) is 0 Å². The SMILES string of the molecule is CC(C)(C)C(=O)Nc1nc(C(C)(C)C)cs1. The van der Waals surface area contributed by atoms with Crippen molar-refractivity contribution in [2.75, 3.05) is 5.32 Å². The molecule has 0 bridgehead atoms. The van der Waals surface area contributed by atoms with E-state index in [1.54, 1.807) is 0 Å². The van der Waals surface area contributed by atoms with Crippen LogP contribution in [0.5, 0.6) is 0 Å². The number of nitrogens with one attached hydrogen (secondary N) is 1. The van der Waals surface area contributed by atoms with Gasteiger partial charge in [0.05, 0.1) is 5.69 Å². The highest BCUT2D eigenvalue weighted by molar-refractivity contribution is 7.13. The van der Waals surface area contributed by atoms with Gasteiger partial charge in [0, 0.05) is 16.2 Å². The summed E-state index contributed by atoms with van der Waals surface area (Å²) in [5.74, 6) is 0.00214. The largest absolute Gasteiger partial charge is 0.302 e. The molecule has 0 unspecified atom stereocenters. The maximum atomic E-state index is 11.7. The Kier molecular flexibility index (Phi) is 3.43. The topological polar surface area (TPSA) is 42.0 Å². The van der Waals surface area contributed by atoms with Gasteiger partial charge in [0.25, 0.3) is 0 Å². The van der Waals surface area contributed by atoms with E-state index < -0.39 is 0 Å². The van der Waals surface area contributed by atoms with Crippen LogP contribution >= 0.6 is 11.3 Å². The van der Waals surface area contributed by atoms with E-state index in [-0.39, 0.29) is 16.7 Å². The number of carbonyl (C=O) groups is 1. The summed E-state index contributed by atoms with van der Waals surface area (Å²) in [5, 5.41) is 5.53. The van der Waals surface area contributed by atoms with E-state index in [4.69, 9.17) is 0 Å². The second-order valence-electron chi connectivity index (χ2n) is 5.99. The Labute approximate surface area is 101 Å². The predicted octanol–water partition coefficient (Wildman–Crippen LogP) is 3.43. The molecular weight excluding hydrogens is 220 g/mol. The molecule has 0 atom stereocenters. The molecular formula is C12H20N2OS. The van der Waals surface area contributed by atoms with Gasteiger partial charge in [0.1, 0.15) is 0 Å². The van der Waals surface area contributed by atoms with Crippen LogP contribution in [0.2, 0.25) is 0 Å². The summed E-state index contributed by atoms with van der Waals surface area (Å²) in [5.41, 5.74) is 0.663. The molecule has 1 aromatic rings. The van der Waals surface area contributed by atoms with Crippen LogP contribution in [0, 0.1) is 5.41 Å². The number of rotatable bonds is 1. The van der Waals surface area contributed by atoms with Gasteiger partial charge in [-0.25, -0.2) is 4.98 Å². The smallest absolute Gasteiger partial charge is 0.231 e. The van der Waals surface area contributed by atoms with Crippen LogP contribution < -0.4 is 5.32 Å². The Morgan fingerprint density at radius 3 is 2.19 bits per heavy atom. The summed E-state index contributed by atoms with van der Waals surface area (Å²) in [7, 11) is 0. The fourth-order valence-electron chi connectivity index (χ4n) is 0.960. The van der Waals surface area contributed by atoms with Crippen LogP contribution in [0.25, 0.3) is 0 Å². The zero-order valence-electron chi connectivity index (χ0n) is 10.8. The molecule has 0 aliphatic carbocycles. The number of nitrogens with zero attached hydrogens (tertiary/aromatic N) is 1. The minimum Gasteiger partial charge on any atom is -0.302 e. The fourth-order valence-corrected chi connectivity index (χ4v) is 1.89. The van der Waals surface area contributed by atoms with Gasteiger partial charge in [0.2, 0.25) is 5.91 Å². The Morgan fingerprint density at radius 1 is 1.25 bits per heavy atom. The minimum absolute atomic E-state index is 0.00214. The first-order chi connectivity index (χ1) is 7.10. The second kappa shape index (κ2) is 4.17. The molecule has 3 nitrogen and oxygen atoms in total. The van der Waals surface area contributed by atoms with E-state index >= 15 is 0 Å². The zero-order valence-corrected chi connectivity index (χ0v) is 11.7. The third-order valence-corrected chi connectivity index (χ3v) is 2.93. The number of thiazole rings is 1. The van der Waals surface area contributed by atoms with Crippen molar-refractivity contribution in [2.24, 2.45) is 5.41 Å². The van der Waals surface area contributed by atoms with Crippen LogP contribution in [0.4, 0.5) is 5.13 Å². The Bertz CT molecular complexity index is 382. The molecule has 0 spiro atoms. The van der Waals surface area contributed by atoms with Crippen molar-refractivity contribution < 1.29 is 4.79 Å². The quantitative estimate of drug-likeness (QED) is 0.817. The third kappa shape index (κ3) is 3.30. The summed E-state index contributed by atoms with van der Waals surface area (Å²) in [6, 6.07) is 0. The summed E-state index contributed by atoms with van der Waals surface area (Å²) in [6.07, 6.45) is 0. The molecule has 0 aliphatic heterocycles. The molecule has 1 heterocycles. The normalized spacial score (nSPS) is 12.6. The van der Waals surface area contributed by atoms with Crippen molar-refractivity contribution in [3.8, 4) is 0 Å². The molecule has 0 radical (unpaired) electrons. The molecule has 1 N–H and O–H groups in total. The molecule has 0 aliphatic rings. The highest BCUT2D eigenvalue weighted by Crippen LogP contribution is 2.27. The van der Waals surface area contributed by atoms with Gasteiger partial charge in [-0.3, -0.25) is 4.79 Å². The number of hydrogen-bond donors (Lipinski definition) is 1. The minimum atomic E-state index is -0.381. The molecule has 0 saturated heterocycles. The number of aromatic nitrogens is 1. The van der Waals surface area contributed by atoms with Gasteiger partial charge in [0.15, 0.2) is 5.13 Å². The van der Waals surface area contributed by atoms with Gasteiger partial charge >= 0.3 is 0 Å². The summed E-state index contributed by atoms with van der Waals surface area (Å²) in [4.78, 5) is 16.2. The maximum absolute atomic E-state index is 11.7. The molecule has 0 aromatic carbocycles. The standard InChI is InChI=1S/C12H20N2OS/c1-11(2,3)8-7-16-10(13-8)14-9(15)12(4,5)6/h7H,1-6H3,(H,13,14,15). The van der Waals surface area contributed by atoms with Crippen molar-refractivity contribution in [1.29, 1.82) is 0 Å². The van der Waals surface area contributed by atoms with Crippen molar-refractivity contribution in [3.05, 3.63) is 11.1 Å². The summed E-state index contributed by atoms with van der Waals surface area (Å²) in [6.45, 7) is 12.0. The molecule has 90 valence electrons. The maximum Gasteiger partial charge on any atom is 0.231 e. The Balaban J connectivity index is 2.78. The van der Waals surface area contributed by atoms with Crippen LogP contribution in [-0.4, -0.2) is 10.9 Å². The Hall–Kier alpha value is -0.900. The first-order valence-electron chi connectivity index (χ1n) is 5.38. The Morgan fingerprint density at radius 2 is 1.81 bits per heavy atom. The second-order valence-corrected chi connectivity index (χ2v) is 6.85. The predicted molar refractivity (Wildman–Crippen MR) is 68.9 cm³/mol. The number of carbonyl (C=O) groups excluding carboxylic acids is 1. The third-order valence-electron chi connectivity index (χ3n) is 2.17. The highest BCUT2D eigenvalue weighted by Gasteiger charge is 2.23. The van der Waals surface area contributed by atoms with E-state index in [9.17, 15) is 4.79 Å². The van der Waals surface area contributed by atoms with Crippen molar-refractivity contribution in [2.45, 2.75) is 47.0 Å². The lowest BCUT2D eigenvalue weighted by atomic mass is 9.93. The van der Waals surface area contributed by atoms with Gasteiger partial charge in [-0.05, 0) is 0 Å². The van der Waals surface area contributed by atoms with Crippen LogP contribution in [0.1, 0.15) is 47.2 Å². The highest BCUT2D eigenvalue weighted by atomic mass is 32.1. The van der Waals surface area contributed by atoms with E-state index in [2.05, 4.69) is 31.1 Å². The van der Waals surface area contributed by atoms with Crippen LogP contribution in [0.15, 0.2) is 5.38 Å². The van der Waals surface area contributed by atoms with E-state index in [1.807, 2.05) is 26.2 Å². The summed E-state index contributed by atoms with van der Waals surface area (Å²) < 4.78 is 0. The van der Waals surface area contributed by atoms with Crippen molar-refractivity contribution in [1.82, 2.24) is 4.98 Å². The first kappa shape index (κ1) is 13.2. The number of anilines is 1. The van der Waals surface area contributed by atoms with E-state index in [0.29, 0.717) is 5.13 Å². The number of amides is 1. The van der Waals surface area contributed by atoms with E-state index in [1.165, 1.54) is 11.3 Å². The van der Waals surface area contributed by atoms with Crippen molar-refractivity contribution in [3.63, 3.8) is 0 Å². The molecule has 4 heteroatoms. The average molecular weight is 240 g/mol. The lowest BCUT2D eigenvalue weighted by molar-refractivity contribution is -0.123. The summed E-state index contributed by atoms with van der Waals surface area (Å²) >= 11 is 1.48. The lowest BCUT2D eigenvalue weighted by Crippen LogP contribution is -2.27. The van der Waals surface area contributed by atoms with Gasteiger partial charge in [-0.15, -0.1) is 11.3 Å². The fraction of sp³-hybridized carbons (Fsp3) is 0.667. The molecule has 16 heavy (non-hydrogen) atoms. The molecule has 0 saturated carbocycles. The monoisotopic (exact) mass is 240 g/mol. The zero-order chi connectivity index (χ0) is 12.6. The van der Waals surface area contributed by atoms with Gasteiger partial charge in [-0.1, -0.05) is 41.5 Å². The first-order valence-corrected chi connectivity index (χ1v) is 6.26. The van der Waals surface area contributed by atoms with Crippen LogP contribution in [-0.2, 0) is 10.2 Å². The van der Waals surface area contributed by atoms with Crippen molar-refractivity contribution >= 4 is 22.4 Å². The van der Waals surface area contributed by atoms with Gasteiger partial charge < -0.3 is 5.32 Å². The average Bonchev–Trinajstić information content (AvgIpc) is 2.49. The molecule has 0 fully saturated rings. The van der Waals surface area contributed by atoms with E-state index in [0.717, 1.165) is 5.69 Å².